The maximum absolute atomic E-state index is 10.3. The third-order valence-electron chi connectivity index (χ3n) is 2.71. The number of hydrogen-bond acceptors (Lipinski definition) is 2. The smallest absolute Gasteiger partial charge is 0.303 e. The molecule has 0 fully saturated rings. The zero-order valence-corrected chi connectivity index (χ0v) is 9.74. The van der Waals surface area contributed by atoms with Crippen molar-refractivity contribution in [2.24, 2.45) is 5.92 Å². The average Bonchev–Trinajstić information content (AvgIpc) is 2.20. The number of aliphatic carboxylic acids is 1. The first-order chi connectivity index (χ1) is 7.16. The van der Waals surface area contributed by atoms with Crippen molar-refractivity contribution < 1.29 is 15.0 Å². The molecular formula is C12H24O3. The highest BCUT2D eigenvalue weighted by Crippen LogP contribution is 2.15. The largest absolute Gasteiger partial charge is 0.481 e. The number of hydrogen-bond donors (Lipinski definition) is 2. The summed E-state index contributed by atoms with van der Waals surface area (Å²) < 4.78 is 0. The van der Waals surface area contributed by atoms with Crippen molar-refractivity contribution in [3.63, 3.8) is 0 Å². The van der Waals surface area contributed by atoms with E-state index in [4.69, 9.17) is 10.2 Å². The van der Waals surface area contributed by atoms with Crippen molar-refractivity contribution >= 4 is 5.97 Å². The number of aliphatic hydroxyl groups excluding tert-OH is 1. The zero-order valence-electron chi connectivity index (χ0n) is 9.74. The van der Waals surface area contributed by atoms with E-state index < -0.39 is 5.97 Å². The Hall–Kier alpha value is -0.570. The van der Waals surface area contributed by atoms with Gasteiger partial charge in [-0.3, -0.25) is 4.79 Å². The molecule has 0 aromatic rings. The first-order valence-electron chi connectivity index (χ1n) is 5.99. The van der Waals surface area contributed by atoms with Gasteiger partial charge in [0.25, 0.3) is 0 Å². The summed E-state index contributed by atoms with van der Waals surface area (Å²) in [5, 5.41) is 17.1. The number of rotatable bonds is 10. The van der Waals surface area contributed by atoms with Gasteiger partial charge in [-0.25, -0.2) is 0 Å². The van der Waals surface area contributed by atoms with Gasteiger partial charge in [0.1, 0.15) is 0 Å². The van der Waals surface area contributed by atoms with Crippen molar-refractivity contribution in [2.45, 2.75) is 58.3 Å². The Kier molecular flexibility index (Phi) is 9.59. The number of carbonyl (C=O) groups is 1. The van der Waals surface area contributed by atoms with Gasteiger partial charge in [-0.1, -0.05) is 39.0 Å². The second-order valence-corrected chi connectivity index (χ2v) is 4.32. The SMILES string of the molecule is CC(CCCCCCCO)CCC(=O)O. The molecule has 1 atom stereocenters. The Balaban J connectivity index is 3.16. The Morgan fingerprint density at radius 2 is 1.67 bits per heavy atom. The molecule has 0 rings (SSSR count). The highest BCUT2D eigenvalue weighted by atomic mass is 16.4. The summed E-state index contributed by atoms with van der Waals surface area (Å²) in [5.74, 6) is -0.163. The summed E-state index contributed by atoms with van der Waals surface area (Å²) >= 11 is 0. The van der Waals surface area contributed by atoms with Gasteiger partial charge in [0.2, 0.25) is 0 Å². The third-order valence-corrected chi connectivity index (χ3v) is 2.71. The Morgan fingerprint density at radius 1 is 1.07 bits per heavy atom. The topological polar surface area (TPSA) is 57.5 Å². The normalized spacial score (nSPS) is 12.7. The highest BCUT2D eigenvalue weighted by Gasteiger charge is 2.04. The van der Waals surface area contributed by atoms with Crippen molar-refractivity contribution in [1.82, 2.24) is 0 Å². The van der Waals surface area contributed by atoms with E-state index in [2.05, 4.69) is 6.92 Å². The van der Waals surface area contributed by atoms with E-state index in [1.165, 1.54) is 19.3 Å². The van der Waals surface area contributed by atoms with Gasteiger partial charge in [0, 0.05) is 13.0 Å². The highest BCUT2D eigenvalue weighted by molar-refractivity contribution is 5.66. The number of aliphatic hydroxyl groups is 1. The van der Waals surface area contributed by atoms with E-state index >= 15 is 0 Å². The molecule has 3 nitrogen and oxygen atoms in total. The van der Waals surface area contributed by atoms with Crippen LogP contribution in [0.1, 0.15) is 58.3 Å². The Bertz CT molecular complexity index is 157. The fraction of sp³-hybridized carbons (Fsp3) is 0.917. The lowest BCUT2D eigenvalue weighted by atomic mass is 9.98. The minimum Gasteiger partial charge on any atom is -0.481 e. The molecule has 0 aliphatic heterocycles. The van der Waals surface area contributed by atoms with Gasteiger partial charge in [-0.05, 0) is 18.8 Å². The third kappa shape index (κ3) is 11.4. The van der Waals surface area contributed by atoms with Gasteiger partial charge in [-0.2, -0.15) is 0 Å². The summed E-state index contributed by atoms with van der Waals surface area (Å²) in [4.78, 5) is 10.3. The predicted octanol–water partition coefficient (Wildman–Crippen LogP) is 2.82. The molecular weight excluding hydrogens is 192 g/mol. The van der Waals surface area contributed by atoms with Gasteiger partial charge in [0.05, 0.1) is 0 Å². The molecule has 90 valence electrons. The van der Waals surface area contributed by atoms with E-state index in [-0.39, 0.29) is 0 Å². The van der Waals surface area contributed by atoms with Gasteiger partial charge >= 0.3 is 5.97 Å². The van der Waals surface area contributed by atoms with Crippen LogP contribution in [0.15, 0.2) is 0 Å². The van der Waals surface area contributed by atoms with E-state index in [9.17, 15) is 4.79 Å². The molecule has 0 spiro atoms. The van der Waals surface area contributed by atoms with Crippen LogP contribution in [0.5, 0.6) is 0 Å². The molecule has 1 unspecified atom stereocenters. The molecule has 15 heavy (non-hydrogen) atoms. The van der Waals surface area contributed by atoms with Crippen LogP contribution in [0.25, 0.3) is 0 Å². The molecule has 0 amide bonds. The van der Waals surface area contributed by atoms with Crippen LogP contribution in [-0.2, 0) is 4.79 Å². The average molecular weight is 216 g/mol. The molecule has 0 saturated heterocycles. The molecule has 0 aromatic heterocycles. The molecule has 3 heteroatoms. The summed E-state index contributed by atoms with van der Waals surface area (Å²) in [6.07, 6.45) is 7.83. The van der Waals surface area contributed by atoms with E-state index in [0.717, 1.165) is 25.7 Å². The molecule has 0 bridgehead atoms. The van der Waals surface area contributed by atoms with E-state index in [1.807, 2.05) is 0 Å². The van der Waals surface area contributed by atoms with E-state index in [0.29, 0.717) is 18.9 Å². The molecule has 0 heterocycles. The van der Waals surface area contributed by atoms with Gasteiger partial charge in [-0.15, -0.1) is 0 Å². The summed E-state index contributed by atoms with van der Waals surface area (Å²) in [6.45, 7) is 2.42. The second-order valence-electron chi connectivity index (χ2n) is 4.32. The van der Waals surface area contributed by atoms with Crippen LogP contribution in [-0.4, -0.2) is 22.8 Å². The Morgan fingerprint density at radius 3 is 2.27 bits per heavy atom. The van der Waals surface area contributed by atoms with Gasteiger partial charge < -0.3 is 10.2 Å². The predicted molar refractivity (Wildman–Crippen MR) is 60.8 cm³/mol. The maximum Gasteiger partial charge on any atom is 0.303 e. The minimum absolute atomic E-state index is 0.297. The van der Waals surface area contributed by atoms with Crippen LogP contribution in [0.3, 0.4) is 0 Å². The monoisotopic (exact) mass is 216 g/mol. The molecule has 0 saturated carbocycles. The van der Waals surface area contributed by atoms with E-state index in [1.54, 1.807) is 0 Å². The first kappa shape index (κ1) is 14.4. The lowest BCUT2D eigenvalue weighted by Crippen LogP contribution is -2.01. The summed E-state index contributed by atoms with van der Waals surface area (Å²) in [5.41, 5.74) is 0. The summed E-state index contributed by atoms with van der Waals surface area (Å²) in [7, 11) is 0. The lowest BCUT2D eigenvalue weighted by molar-refractivity contribution is -0.137. The molecule has 0 aliphatic carbocycles. The lowest BCUT2D eigenvalue weighted by Gasteiger charge is -2.09. The fourth-order valence-electron chi connectivity index (χ4n) is 1.65. The van der Waals surface area contributed by atoms with Crippen LogP contribution in [0, 0.1) is 5.92 Å². The van der Waals surface area contributed by atoms with Crippen molar-refractivity contribution in [3.8, 4) is 0 Å². The minimum atomic E-state index is -0.690. The molecule has 0 radical (unpaired) electrons. The van der Waals surface area contributed by atoms with Crippen LogP contribution in [0.2, 0.25) is 0 Å². The molecule has 2 N–H and O–H groups in total. The van der Waals surface area contributed by atoms with Crippen molar-refractivity contribution in [1.29, 1.82) is 0 Å². The standard InChI is InChI=1S/C12H24O3/c1-11(8-9-12(14)15)7-5-3-2-4-6-10-13/h11,13H,2-10H2,1H3,(H,14,15). The fourth-order valence-corrected chi connectivity index (χ4v) is 1.65. The van der Waals surface area contributed by atoms with Crippen molar-refractivity contribution in [3.05, 3.63) is 0 Å². The number of carboxylic acids is 1. The van der Waals surface area contributed by atoms with Crippen molar-refractivity contribution in [2.75, 3.05) is 6.61 Å². The number of unbranched alkanes of at least 4 members (excludes halogenated alkanes) is 4. The summed E-state index contributed by atoms with van der Waals surface area (Å²) in [6, 6.07) is 0. The zero-order chi connectivity index (χ0) is 11.5. The van der Waals surface area contributed by atoms with Crippen LogP contribution in [0.4, 0.5) is 0 Å². The molecule has 0 aliphatic rings. The Labute approximate surface area is 92.5 Å². The number of carboxylic acid groups (broad SMARTS) is 1. The van der Waals surface area contributed by atoms with Crippen LogP contribution < -0.4 is 0 Å². The molecule has 0 aromatic carbocycles. The van der Waals surface area contributed by atoms with Gasteiger partial charge in [0.15, 0.2) is 0 Å². The first-order valence-corrected chi connectivity index (χ1v) is 5.99. The quantitative estimate of drug-likeness (QED) is 0.552. The second kappa shape index (κ2) is 9.97. The maximum atomic E-state index is 10.3. The van der Waals surface area contributed by atoms with Crippen LogP contribution >= 0.6 is 0 Å².